The van der Waals surface area contributed by atoms with E-state index in [2.05, 4.69) is 31.9 Å². The molecular formula is C34H49N9O10. The lowest BCUT2D eigenvalue weighted by molar-refractivity contribution is -0.144. The van der Waals surface area contributed by atoms with Crippen LogP contribution >= 0.6 is 0 Å². The van der Waals surface area contributed by atoms with Crippen molar-refractivity contribution in [3.63, 3.8) is 0 Å². The van der Waals surface area contributed by atoms with Crippen LogP contribution in [0.3, 0.4) is 0 Å². The molecule has 8 amide bonds. The van der Waals surface area contributed by atoms with Gasteiger partial charge in [-0.2, -0.15) is 0 Å². The number of carbonyl (C=O) groups excluding carboxylic acids is 9. The van der Waals surface area contributed by atoms with Crippen LogP contribution in [0.25, 0.3) is 0 Å². The van der Waals surface area contributed by atoms with Gasteiger partial charge in [-0.3, -0.25) is 43.2 Å². The molecule has 2 heterocycles. The Bertz CT molecular complexity index is 1600. The molecule has 0 spiro atoms. The van der Waals surface area contributed by atoms with Gasteiger partial charge in [-0.1, -0.05) is 26.0 Å². The standard InChI is InChI=1S/C34H49N9O10/c1-16(2)12-21-31(50)41-23(14-26(36)46)30(49)38-17(3)29(48)40-22(13-25(45)19-8-5-6-9-20(19)35)32(51)42-28(18(4)44)34(53)43-11-7-10-24(43)33(52)37-15-27(47)39-21/h5-6,8-9,16-18,21-24,28,44H,7,10-15,35H2,1-4H3,(H2,36,46)(H,37,52)(H,38,49)(H,39,47)(H,40,48)(H,41,50)(H,42,51)/t17-,18+,21-,22?,23-,24-,28-/m0/s1. The summed E-state index contributed by atoms with van der Waals surface area (Å²) in [5.41, 5.74) is 11.4. The summed E-state index contributed by atoms with van der Waals surface area (Å²) < 4.78 is 0. The van der Waals surface area contributed by atoms with Gasteiger partial charge in [0, 0.05) is 24.2 Å². The largest absolute Gasteiger partial charge is 0.398 e. The fourth-order valence-corrected chi connectivity index (χ4v) is 5.97. The van der Waals surface area contributed by atoms with Gasteiger partial charge in [0.1, 0.15) is 36.3 Å². The molecular weight excluding hydrogens is 694 g/mol. The van der Waals surface area contributed by atoms with Crippen molar-refractivity contribution < 1.29 is 48.3 Å². The predicted molar refractivity (Wildman–Crippen MR) is 188 cm³/mol. The summed E-state index contributed by atoms with van der Waals surface area (Å²) in [5.74, 6) is -7.99. The number of nitrogens with zero attached hydrogens (tertiary/aromatic N) is 1. The van der Waals surface area contributed by atoms with Crippen molar-refractivity contribution in [1.29, 1.82) is 0 Å². The summed E-state index contributed by atoms with van der Waals surface area (Å²) >= 11 is 0. The topological polar surface area (TPSA) is 301 Å². The van der Waals surface area contributed by atoms with Gasteiger partial charge in [0.05, 0.1) is 19.1 Å². The Morgan fingerprint density at radius 2 is 1.43 bits per heavy atom. The number of aliphatic hydroxyl groups is 1. The van der Waals surface area contributed by atoms with E-state index in [0.29, 0.717) is 6.42 Å². The highest BCUT2D eigenvalue weighted by molar-refractivity contribution is 6.05. The van der Waals surface area contributed by atoms with E-state index in [9.17, 15) is 48.3 Å². The van der Waals surface area contributed by atoms with Crippen LogP contribution < -0.4 is 43.4 Å². The van der Waals surface area contributed by atoms with Crippen LogP contribution in [0.4, 0.5) is 5.69 Å². The minimum absolute atomic E-state index is 0.0427. The first-order chi connectivity index (χ1) is 24.9. The summed E-state index contributed by atoms with van der Waals surface area (Å²) in [5, 5.41) is 25.1. The zero-order chi connectivity index (χ0) is 39.6. The molecule has 19 heteroatoms. The minimum Gasteiger partial charge on any atom is -0.398 e. The molecule has 1 aromatic rings. The van der Waals surface area contributed by atoms with Gasteiger partial charge in [0.2, 0.25) is 47.3 Å². The maximum absolute atomic E-state index is 13.8. The van der Waals surface area contributed by atoms with Crippen LogP contribution in [0.5, 0.6) is 0 Å². The van der Waals surface area contributed by atoms with Crippen molar-refractivity contribution in [1.82, 2.24) is 36.8 Å². The summed E-state index contributed by atoms with van der Waals surface area (Å²) in [4.78, 5) is 120. The number of nitrogens with one attached hydrogen (secondary N) is 6. The number of carbonyl (C=O) groups is 9. The van der Waals surface area contributed by atoms with E-state index in [1.54, 1.807) is 26.0 Å². The Kier molecular flexibility index (Phi) is 14.8. The van der Waals surface area contributed by atoms with Gasteiger partial charge < -0.3 is 53.4 Å². The number of amides is 8. The van der Waals surface area contributed by atoms with Crippen molar-refractivity contribution in [3.05, 3.63) is 29.8 Å². The lowest BCUT2D eigenvalue weighted by atomic mass is 10.0. The second-order valence-corrected chi connectivity index (χ2v) is 13.6. The molecule has 0 saturated carbocycles. The van der Waals surface area contributed by atoms with Crippen molar-refractivity contribution in [3.8, 4) is 0 Å². The first-order valence-electron chi connectivity index (χ1n) is 17.3. The smallest absolute Gasteiger partial charge is 0.248 e. The van der Waals surface area contributed by atoms with Crippen LogP contribution in [-0.2, 0) is 38.4 Å². The van der Waals surface area contributed by atoms with Crippen LogP contribution in [0.2, 0.25) is 0 Å². The Morgan fingerprint density at radius 1 is 0.830 bits per heavy atom. The van der Waals surface area contributed by atoms with Gasteiger partial charge in [-0.25, -0.2) is 0 Å². The number of fused-ring (bicyclic) bond motifs is 1. The molecule has 0 bridgehead atoms. The lowest BCUT2D eigenvalue weighted by Crippen LogP contribution is -2.61. The van der Waals surface area contributed by atoms with E-state index in [1.165, 1.54) is 26.0 Å². The average molecular weight is 744 g/mol. The third-order valence-electron chi connectivity index (χ3n) is 8.74. The zero-order valence-corrected chi connectivity index (χ0v) is 30.1. The van der Waals surface area contributed by atoms with Crippen LogP contribution in [0, 0.1) is 5.92 Å². The Balaban J connectivity index is 2.03. The number of nitrogens with two attached hydrogens (primary N) is 2. The van der Waals surface area contributed by atoms with Gasteiger partial charge in [0.15, 0.2) is 5.78 Å². The molecule has 0 aliphatic carbocycles. The number of hydrogen-bond acceptors (Lipinski definition) is 11. The van der Waals surface area contributed by atoms with E-state index in [0.717, 1.165) is 4.90 Å². The average Bonchev–Trinajstić information content (AvgIpc) is 3.57. The summed E-state index contributed by atoms with van der Waals surface area (Å²) in [7, 11) is 0. The second kappa shape index (κ2) is 18.8. The molecule has 19 nitrogen and oxygen atoms in total. The molecule has 7 atom stereocenters. The minimum atomic E-state index is -1.68. The molecule has 0 aromatic heterocycles. The van der Waals surface area contributed by atoms with Crippen molar-refractivity contribution in [2.45, 2.75) is 102 Å². The van der Waals surface area contributed by atoms with E-state index in [1.807, 2.05) is 0 Å². The number of hydrogen-bond donors (Lipinski definition) is 9. The third kappa shape index (κ3) is 11.7. The van der Waals surface area contributed by atoms with Crippen molar-refractivity contribution >= 4 is 58.7 Å². The zero-order valence-electron chi connectivity index (χ0n) is 30.1. The molecule has 2 aliphatic heterocycles. The van der Waals surface area contributed by atoms with Gasteiger partial charge >= 0.3 is 0 Å². The highest BCUT2D eigenvalue weighted by atomic mass is 16.3. The van der Waals surface area contributed by atoms with Crippen LogP contribution in [0.1, 0.15) is 70.2 Å². The normalized spacial score (nSPS) is 26.2. The Labute approximate surface area is 306 Å². The molecule has 0 radical (unpaired) electrons. The lowest BCUT2D eigenvalue weighted by Gasteiger charge is -2.31. The number of primary amides is 1. The molecule has 290 valence electrons. The fraction of sp³-hybridized carbons (Fsp3) is 0.559. The summed E-state index contributed by atoms with van der Waals surface area (Å²) in [6, 6.07) is -2.63. The number of nitrogen functional groups attached to an aromatic ring is 1. The van der Waals surface area contributed by atoms with Crippen LogP contribution in [0.15, 0.2) is 24.3 Å². The highest BCUT2D eigenvalue weighted by Crippen LogP contribution is 2.20. The molecule has 2 saturated heterocycles. The maximum atomic E-state index is 13.8. The third-order valence-corrected chi connectivity index (χ3v) is 8.74. The number of rotatable bonds is 8. The van der Waals surface area contributed by atoms with E-state index >= 15 is 0 Å². The predicted octanol–water partition coefficient (Wildman–Crippen LogP) is -3.29. The van der Waals surface area contributed by atoms with Gasteiger partial charge in [-0.15, -0.1) is 0 Å². The summed E-state index contributed by atoms with van der Waals surface area (Å²) in [6.07, 6.45) is -2.19. The number of anilines is 1. The monoisotopic (exact) mass is 743 g/mol. The number of benzene rings is 1. The Hall–Kier alpha value is -5.59. The molecule has 2 fully saturated rings. The molecule has 1 aromatic carbocycles. The SMILES string of the molecule is CC(C)C[C@@H]1NC(=O)CNC(=O)[C@@H]2CCCN2C(=O)[C@H]([C@@H](C)O)NC(=O)C(CC(=O)c2ccccc2N)NC(=O)[C@H](C)NC(=O)[C@H](CC(N)=O)NC1=O. The fourth-order valence-electron chi connectivity index (χ4n) is 5.97. The Morgan fingerprint density at radius 3 is 2.06 bits per heavy atom. The second-order valence-electron chi connectivity index (χ2n) is 13.6. The first-order valence-corrected chi connectivity index (χ1v) is 17.3. The first kappa shape index (κ1) is 41.8. The number of aliphatic hydroxyl groups excluding tert-OH is 1. The molecule has 3 rings (SSSR count). The van der Waals surface area contributed by atoms with Crippen molar-refractivity contribution in [2.24, 2.45) is 11.7 Å². The number of Topliss-reactive ketones (excluding diaryl/α,β-unsaturated/α-hetero) is 1. The maximum Gasteiger partial charge on any atom is 0.248 e. The quantitative estimate of drug-likeness (QED) is 0.0939. The van der Waals surface area contributed by atoms with E-state index in [-0.39, 0.29) is 36.6 Å². The number of para-hydroxylation sites is 1. The highest BCUT2D eigenvalue weighted by Gasteiger charge is 2.41. The molecule has 1 unspecified atom stereocenters. The van der Waals surface area contributed by atoms with E-state index < -0.39 is 115 Å². The molecule has 11 N–H and O–H groups in total. The van der Waals surface area contributed by atoms with Gasteiger partial charge in [0.25, 0.3) is 0 Å². The molecule has 2 aliphatic rings. The van der Waals surface area contributed by atoms with Gasteiger partial charge in [-0.05, 0) is 51.2 Å². The van der Waals surface area contributed by atoms with Crippen LogP contribution in [-0.4, -0.2) is 118 Å². The summed E-state index contributed by atoms with van der Waals surface area (Å²) in [6.45, 7) is 5.50. The molecule has 53 heavy (non-hydrogen) atoms. The van der Waals surface area contributed by atoms with E-state index in [4.69, 9.17) is 11.5 Å². The number of ketones is 1. The van der Waals surface area contributed by atoms with Crippen molar-refractivity contribution in [2.75, 3.05) is 18.8 Å².